The van der Waals surface area contributed by atoms with Crippen molar-refractivity contribution in [2.24, 2.45) is 0 Å². The topological polar surface area (TPSA) is 51.4 Å². The van der Waals surface area contributed by atoms with Gasteiger partial charge >= 0.3 is 0 Å². The van der Waals surface area contributed by atoms with Crippen molar-refractivity contribution in [1.29, 1.82) is 0 Å². The Morgan fingerprint density at radius 1 is 1.33 bits per heavy atom. The molecule has 2 aromatic heterocycles. The van der Waals surface area contributed by atoms with Gasteiger partial charge in [-0.25, -0.2) is 0 Å². The van der Waals surface area contributed by atoms with Gasteiger partial charge in [-0.2, -0.15) is 10.2 Å². The Balaban J connectivity index is 2.54. The van der Waals surface area contributed by atoms with Crippen LogP contribution in [0.15, 0.2) is 6.07 Å². The first-order valence-electron chi connectivity index (χ1n) is 6.43. The SMILES string of the molecule is CCCn1c(-c2cc(CC)nn2CC)n[nH]c1=S. The number of nitrogens with zero attached hydrogens (tertiary/aromatic N) is 4. The third kappa shape index (κ3) is 2.25. The van der Waals surface area contributed by atoms with Crippen LogP contribution >= 0.6 is 12.2 Å². The molecule has 0 fully saturated rings. The summed E-state index contributed by atoms with van der Waals surface area (Å²) in [6.45, 7) is 8.03. The second-order valence-electron chi connectivity index (χ2n) is 4.19. The van der Waals surface area contributed by atoms with Crippen LogP contribution in [0.25, 0.3) is 11.5 Å². The van der Waals surface area contributed by atoms with E-state index in [1.807, 2.05) is 9.25 Å². The van der Waals surface area contributed by atoms with E-state index in [0.717, 1.165) is 43.1 Å². The van der Waals surface area contributed by atoms with Crippen molar-refractivity contribution >= 4 is 12.2 Å². The zero-order valence-electron chi connectivity index (χ0n) is 11.1. The molecule has 0 bridgehead atoms. The minimum Gasteiger partial charge on any atom is -0.299 e. The molecule has 6 heteroatoms. The third-order valence-electron chi connectivity index (χ3n) is 2.93. The standard InChI is InChI=1S/C12H19N5S/c1-4-7-16-11(13-14-12(16)18)10-8-9(5-2)15-17(10)6-3/h8H,4-7H2,1-3H3,(H,14,18). The van der Waals surface area contributed by atoms with E-state index in [4.69, 9.17) is 12.2 Å². The number of hydrogen-bond acceptors (Lipinski definition) is 3. The lowest BCUT2D eigenvalue weighted by molar-refractivity contribution is 0.635. The van der Waals surface area contributed by atoms with Gasteiger partial charge in [0.25, 0.3) is 0 Å². The Morgan fingerprint density at radius 2 is 2.11 bits per heavy atom. The Morgan fingerprint density at radius 3 is 2.72 bits per heavy atom. The molecule has 0 aliphatic rings. The molecule has 0 spiro atoms. The lowest BCUT2D eigenvalue weighted by Crippen LogP contribution is -2.05. The summed E-state index contributed by atoms with van der Waals surface area (Å²) in [5.41, 5.74) is 2.12. The first-order chi connectivity index (χ1) is 8.71. The number of nitrogens with one attached hydrogen (secondary N) is 1. The van der Waals surface area contributed by atoms with Gasteiger partial charge in [-0.1, -0.05) is 13.8 Å². The maximum Gasteiger partial charge on any atom is 0.195 e. The van der Waals surface area contributed by atoms with Gasteiger partial charge < -0.3 is 0 Å². The summed E-state index contributed by atoms with van der Waals surface area (Å²) in [4.78, 5) is 0. The van der Waals surface area contributed by atoms with Crippen molar-refractivity contribution in [1.82, 2.24) is 24.5 Å². The van der Waals surface area contributed by atoms with E-state index in [9.17, 15) is 0 Å². The van der Waals surface area contributed by atoms with Gasteiger partial charge in [0.05, 0.1) is 5.69 Å². The molecule has 18 heavy (non-hydrogen) atoms. The molecule has 1 N–H and O–H groups in total. The summed E-state index contributed by atoms with van der Waals surface area (Å²) >= 11 is 5.27. The van der Waals surface area contributed by atoms with Crippen molar-refractivity contribution in [2.45, 2.75) is 46.7 Å². The zero-order chi connectivity index (χ0) is 13.1. The van der Waals surface area contributed by atoms with Crippen LogP contribution in [0.4, 0.5) is 0 Å². The fourth-order valence-electron chi connectivity index (χ4n) is 2.01. The Kier molecular flexibility index (Phi) is 3.96. The van der Waals surface area contributed by atoms with E-state index >= 15 is 0 Å². The first kappa shape index (κ1) is 13.0. The summed E-state index contributed by atoms with van der Waals surface area (Å²) in [5.74, 6) is 0.885. The normalized spacial score (nSPS) is 11.1. The van der Waals surface area contributed by atoms with Crippen molar-refractivity contribution in [3.8, 4) is 11.5 Å². The monoisotopic (exact) mass is 265 g/mol. The number of aryl methyl sites for hydroxylation is 2. The maximum absolute atomic E-state index is 5.27. The lowest BCUT2D eigenvalue weighted by Gasteiger charge is -2.06. The van der Waals surface area contributed by atoms with Gasteiger partial charge in [-0.05, 0) is 38.0 Å². The average Bonchev–Trinajstić information content (AvgIpc) is 2.94. The Hall–Kier alpha value is -1.43. The maximum atomic E-state index is 5.27. The van der Waals surface area contributed by atoms with Gasteiger partial charge in [0.15, 0.2) is 10.6 Å². The predicted molar refractivity (Wildman–Crippen MR) is 74.0 cm³/mol. The molecule has 0 saturated heterocycles. The molecule has 0 atom stereocenters. The van der Waals surface area contributed by atoms with Crippen molar-refractivity contribution in [2.75, 3.05) is 0 Å². The van der Waals surface area contributed by atoms with E-state index in [2.05, 4.69) is 42.1 Å². The van der Waals surface area contributed by atoms with Gasteiger partial charge in [-0.3, -0.25) is 14.3 Å². The summed E-state index contributed by atoms with van der Waals surface area (Å²) < 4.78 is 4.70. The third-order valence-corrected chi connectivity index (χ3v) is 3.24. The van der Waals surface area contributed by atoms with Gasteiger partial charge in [0, 0.05) is 13.1 Å². The lowest BCUT2D eigenvalue weighted by atomic mass is 10.3. The molecule has 2 aromatic rings. The van der Waals surface area contributed by atoms with E-state index in [0.29, 0.717) is 4.77 Å². The average molecular weight is 265 g/mol. The van der Waals surface area contributed by atoms with E-state index in [1.165, 1.54) is 0 Å². The van der Waals surface area contributed by atoms with Crippen LogP contribution in [-0.4, -0.2) is 24.5 Å². The first-order valence-corrected chi connectivity index (χ1v) is 6.84. The second-order valence-corrected chi connectivity index (χ2v) is 4.58. The molecular weight excluding hydrogens is 246 g/mol. The summed E-state index contributed by atoms with van der Waals surface area (Å²) in [6, 6.07) is 2.10. The molecule has 5 nitrogen and oxygen atoms in total. The highest BCUT2D eigenvalue weighted by atomic mass is 32.1. The second kappa shape index (κ2) is 5.48. The predicted octanol–water partition coefficient (Wildman–Crippen LogP) is 2.80. The minimum atomic E-state index is 0.675. The molecule has 2 rings (SSSR count). The number of aromatic amines is 1. The minimum absolute atomic E-state index is 0.675. The van der Waals surface area contributed by atoms with Crippen LogP contribution in [-0.2, 0) is 19.5 Å². The fraction of sp³-hybridized carbons (Fsp3) is 0.583. The molecule has 0 radical (unpaired) electrons. The van der Waals surface area contributed by atoms with Crippen LogP contribution < -0.4 is 0 Å². The van der Waals surface area contributed by atoms with Crippen LogP contribution in [0.1, 0.15) is 32.9 Å². The Bertz CT molecular complexity index is 578. The summed E-state index contributed by atoms with van der Waals surface area (Å²) in [6.07, 6.45) is 1.96. The van der Waals surface area contributed by atoms with Gasteiger partial charge in [0.2, 0.25) is 0 Å². The number of hydrogen-bond donors (Lipinski definition) is 1. The number of H-pyrrole nitrogens is 1. The summed E-state index contributed by atoms with van der Waals surface area (Å²) in [5, 5.41) is 11.8. The van der Waals surface area contributed by atoms with E-state index in [-0.39, 0.29) is 0 Å². The van der Waals surface area contributed by atoms with Gasteiger partial charge in [0.1, 0.15) is 5.69 Å². The van der Waals surface area contributed by atoms with E-state index < -0.39 is 0 Å². The fourth-order valence-corrected chi connectivity index (χ4v) is 2.23. The highest BCUT2D eigenvalue weighted by Gasteiger charge is 2.14. The Labute approximate surface area is 112 Å². The molecule has 0 aliphatic heterocycles. The number of aromatic nitrogens is 5. The van der Waals surface area contributed by atoms with Crippen molar-refractivity contribution in [3.63, 3.8) is 0 Å². The molecule has 98 valence electrons. The quantitative estimate of drug-likeness (QED) is 0.846. The van der Waals surface area contributed by atoms with Crippen LogP contribution in [0.5, 0.6) is 0 Å². The van der Waals surface area contributed by atoms with Crippen LogP contribution in [0.2, 0.25) is 0 Å². The molecule has 0 aromatic carbocycles. The summed E-state index contributed by atoms with van der Waals surface area (Å²) in [7, 11) is 0. The highest BCUT2D eigenvalue weighted by Crippen LogP contribution is 2.19. The van der Waals surface area contributed by atoms with Crippen LogP contribution in [0.3, 0.4) is 0 Å². The van der Waals surface area contributed by atoms with E-state index in [1.54, 1.807) is 0 Å². The number of rotatable bonds is 5. The zero-order valence-corrected chi connectivity index (χ0v) is 11.9. The molecule has 0 aliphatic carbocycles. The highest BCUT2D eigenvalue weighted by molar-refractivity contribution is 7.71. The van der Waals surface area contributed by atoms with Crippen molar-refractivity contribution in [3.05, 3.63) is 16.5 Å². The molecule has 0 unspecified atom stereocenters. The van der Waals surface area contributed by atoms with Crippen LogP contribution in [0, 0.1) is 4.77 Å². The molecular formula is C12H19N5S. The van der Waals surface area contributed by atoms with Gasteiger partial charge in [-0.15, -0.1) is 0 Å². The smallest absolute Gasteiger partial charge is 0.195 e. The molecule has 0 saturated carbocycles. The van der Waals surface area contributed by atoms with Crippen molar-refractivity contribution < 1.29 is 0 Å². The molecule has 0 amide bonds. The molecule has 2 heterocycles. The largest absolute Gasteiger partial charge is 0.299 e.